The topological polar surface area (TPSA) is 70.7 Å². The Bertz CT molecular complexity index is 340. The van der Waals surface area contributed by atoms with Crippen LogP contribution in [0.4, 0.5) is 0 Å². The van der Waals surface area contributed by atoms with Gasteiger partial charge in [-0.15, -0.1) is 0 Å². The predicted octanol–water partition coefficient (Wildman–Crippen LogP) is -0.518. The first-order chi connectivity index (χ1) is 8.94. The highest BCUT2D eigenvalue weighted by molar-refractivity contribution is 7.89. The first-order valence-electron chi connectivity index (χ1n) is 6.86. The summed E-state index contributed by atoms with van der Waals surface area (Å²) in [6.07, 6.45) is 0. The molecule has 19 heavy (non-hydrogen) atoms. The normalized spacial score (nSPS) is 19.8. The Balaban J connectivity index is 2.41. The Morgan fingerprint density at radius 1 is 1.32 bits per heavy atom. The van der Waals surface area contributed by atoms with Gasteiger partial charge in [-0.05, 0) is 5.92 Å². The summed E-state index contributed by atoms with van der Waals surface area (Å²) in [5, 5.41) is 3.25. The first kappa shape index (κ1) is 16.8. The fraction of sp³-hybridized carbons (Fsp3) is 1.00. The second kappa shape index (κ2) is 8.16. The van der Waals surface area contributed by atoms with E-state index in [1.807, 2.05) is 13.8 Å². The summed E-state index contributed by atoms with van der Waals surface area (Å²) in [5.41, 5.74) is 0. The van der Waals surface area contributed by atoms with Crippen LogP contribution in [0.25, 0.3) is 0 Å². The van der Waals surface area contributed by atoms with Crippen LogP contribution in [0.3, 0.4) is 0 Å². The molecule has 6 nitrogen and oxygen atoms in total. The quantitative estimate of drug-likeness (QED) is 0.630. The van der Waals surface area contributed by atoms with Gasteiger partial charge in [0.25, 0.3) is 0 Å². The number of nitrogens with zero attached hydrogens (tertiary/aromatic N) is 1. The average molecular weight is 293 g/mol. The Hall–Kier alpha value is -0.210. The van der Waals surface area contributed by atoms with Gasteiger partial charge in [0.05, 0.1) is 12.4 Å². The van der Waals surface area contributed by atoms with E-state index in [0.717, 1.165) is 26.2 Å². The monoisotopic (exact) mass is 293 g/mol. The highest BCUT2D eigenvalue weighted by Crippen LogP contribution is 2.04. The van der Waals surface area contributed by atoms with Crippen molar-refractivity contribution in [3.8, 4) is 0 Å². The van der Waals surface area contributed by atoms with Gasteiger partial charge in [0.2, 0.25) is 10.0 Å². The standard InChI is InChI=1S/C12H27N3O3S/c1-11(2)12(10-18-3)14-19(16,17)9-8-15-6-4-13-5-7-15/h11-14H,4-10H2,1-3H3. The molecule has 0 spiro atoms. The van der Waals surface area contributed by atoms with Crippen LogP contribution in [0.15, 0.2) is 0 Å². The number of sulfonamides is 1. The summed E-state index contributed by atoms with van der Waals surface area (Å²) >= 11 is 0. The fourth-order valence-corrected chi connectivity index (χ4v) is 3.43. The second-order valence-electron chi connectivity index (χ2n) is 5.33. The number of rotatable bonds is 8. The highest BCUT2D eigenvalue weighted by atomic mass is 32.2. The van der Waals surface area contributed by atoms with Crippen LogP contribution >= 0.6 is 0 Å². The predicted molar refractivity (Wildman–Crippen MR) is 76.7 cm³/mol. The molecule has 0 saturated carbocycles. The SMILES string of the molecule is COCC(NS(=O)(=O)CCN1CCNCC1)C(C)C. The lowest BCUT2D eigenvalue weighted by molar-refractivity contribution is 0.157. The van der Waals surface area contributed by atoms with Crippen LogP contribution in [-0.4, -0.2) is 71.6 Å². The molecule has 0 bridgehead atoms. The lowest BCUT2D eigenvalue weighted by Crippen LogP contribution is -2.48. The zero-order chi connectivity index (χ0) is 14.3. The van der Waals surface area contributed by atoms with E-state index in [1.165, 1.54) is 0 Å². The molecular formula is C12H27N3O3S. The third-order valence-corrected chi connectivity index (χ3v) is 4.75. The lowest BCUT2D eigenvalue weighted by atomic mass is 10.1. The van der Waals surface area contributed by atoms with Crippen molar-refractivity contribution in [2.24, 2.45) is 5.92 Å². The Kier molecular flexibility index (Phi) is 7.23. The Labute approximate surface area is 116 Å². The molecule has 0 aliphatic carbocycles. The summed E-state index contributed by atoms with van der Waals surface area (Å²) in [6, 6.07) is -0.155. The molecule has 0 aromatic carbocycles. The zero-order valence-electron chi connectivity index (χ0n) is 12.2. The van der Waals surface area contributed by atoms with E-state index in [1.54, 1.807) is 7.11 Å². The molecule has 2 N–H and O–H groups in total. The van der Waals surface area contributed by atoms with Gasteiger partial charge in [-0.3, -0.25) is 4.90 Å². The van der Waals surface area contributed by atoms with Gasteiger partial charge in [0, 0.05) is 45.9 Å². The maximum absolute atomic E-state index is 12.1. The van der Waals surface area contributed by atoms with E-state index in [4.69, 9.17) is 4.74 Å². The van der Waals surface area contributed by atoms with Crippen LogP contribution in [0.5, 0.6) is 0 Å². The van der Waals surface area contributed by atoms with Crippen molar-refractivity contribution >= 4 is 10.0 Å². The summed E-state index contributed by atoms with van der Waals surface area (Å²) < 4.78 is 31.9. The largest absolute Gasteiger partial charge is 0.383 e. The zero-order valence-corrected chi connectivity index (χ0v) is 13.0. The van der Waals surface area contributed by atoms with E-state index in [-0.39, 0.29) is 17.7 Å². The minimum absolute atomic E-state index is 0.153. The van der Waals surface area contributed by atoms with Crippen LogP contribution in [0.1, 0.15) is 13.8 Å². The van der Waals surface area contributed by atoms with E-state index in [0.29, 0.717) is 13.2 Å². The lowest BCUT2D eigenvalue weighted by Gasteiger charge is -2.27. The molecule has 1 heterocycles. The molecule has 1 unspecified atom stereocenters. The van der Waals surface area contributed by atoms with Gasteiger partial charge in [-0.1, -0.05) is 13.8 Å². The van der Waals surface area contributed by atoms with Crippen molar-refractivity contribution in [3.05, 3.63) is 0 Å². The molecule has 1 aliphatic heterocycles. The molecule has 0 aromatic heterocycles. The number of piperazine rings is 1. The van der Waals surface area contributed by atoms with Gasteiger partial charge in [-0.2, -0.15) is 0 Å². The first-order valence-corrected chi connectivity index (χ1v) is 8.52. The van der Waals surface area contributed by atoms with E-state index < -0.39 is 10.0 Å². The van der Waals surface area contributed by atoms with Gasteiger partial charge in [-0.25, -0.2) is 13.1 Å². The molecule has 0 amide bonds. The highest BCUT2D eigenvalue weighted by Gasteiger charge is 2.21. The molecule has 1 fully saturated rings. The van der Waals surface area contributed by atoms with Gasteiger partial charge in [0.15, 0.2) is 0 Å². The van der Waals surface area contributed by atoms with Crippen LogP contribution < -0.4 is 10.0 Å². The maximum atomic E-state index is 12.1. The maximum Gasteiger partial charge on any atom is 0.213 e. The molecule has 1 aliphatic rings. The van der Waals surface area contributed by atoms with Crippen molar-refractivity contribution in [2.75, 3.05) is 52.2 Å². The van der Waals surface area contributed by atoms with Crippen molar-refractivity contribution in [3.63, 3.8) is 0 Å². The van der Waals surface area contributed by atoms with Crippen molar-refractivity contribution in [1.29, 1.82) is 0 Å². The van der Waals surface area contributed by atoms with Crippen LogP contribution in [-0.2, 0) is 14.8 Å². The van der Waals surface area contributed by atoms with E-state index in [9.17, 15) is 8.42 Å². The third kappa shape index (κ3) is 6.67. The summed E-state index contributed by atoms with van der Waals surface area (Å²) in [4.78, 5) is 2.18. The smallest absolute Gasteiger partial charge is 0.213 e. The fourth-order valence-electron chi connectivity index (χ4n) is 2.02. The molecular weight excluding hydrogens is 266 g/mol. The number of ether oxygens (including phenoxy) is 1. The Morgan fingerprint density at radius 2 is 1.95 bits per heavy atom. The minimum atomic E-state index is -3.24. The minimum Gasteiger partial charge on any atom is -0.383 e. The van der Waals surface area contributed by atoms with E-state index in [2.05, 4.69) is 14.9 Å². The molecule has 1 rings (SSSR count). The third-order valence-electron chi connectivity index (χ3n) is 3.37. The molecule has 7 heteroatoms. The summed E-state index contributed by atoms with van der Waals surface area (Å²) in [5.74, 6) is 0.369. The van der Waals surface area contributed by atoms with Crippen LogP contribution in [0.2, 0.25) is 0 Å². The molecule has 1 saturated heterocycles. The van der Waals surface area contributed by atoms with Crippen molar-refractivity contribution in [1.82, 2.24) is 14.9 Å². The number of methoxy groups -OCH3 is 1. The summed E-state index contributed by atoms with van der Waals surface area (Å²) in [7, 11) is -1.65. The molecule has 0 aromatic rings. The van der Waals surface area contributed by atoms with E-state index >= 15 is 0 Å². The summed E-state index contributed by atoms with van der Waals surface area (Å²) in [6.45, 7) is 8.68. The molecule has 114 valence electrons. The number of nitrogens with one attached hydrogen (secondary N) is 2. The van der Waals surface area contributed by atoms with Crippen molar-refractivity contribution in [2.45, 2.75) is 19.9 Å². The van der Waals surface area contributed by atoms with Gasteiger partial charge >= 0.3 is 0 Å². The molecule has 1 atom stereocenters. The molecule has 0 radical (unpaired) electrons. The Morgan fingerprint density at radius 3 is 2.47 bits per heavy atom. The number of hydrogen-bond donors (Lipinski definition) is 2. The number of hydrogen-bond acceptors (Lipinski definition) is 5. The van der Waals surface area contributed by atoms with Crippen molar-refractivity contribution < 1.29 is 13.2 Å². The average Bonchev–Trinajstić information content (AvgIpc) is 2.37. The second-order valence-corrected chi connectivity index (χ2v) is 7.21. The van der Waals surface area contributed by atoms with Gasteiger partial charge in [0.1, 0.15) is 0 Å². The van der Waals surface area contributed by atoms with Crippen LogP contribution in [0, 0.1) is 5.92 Å². The van der Waals surface area contributed by atoms with Gasteiger partial charge < -0.3 is 10.1 Å².